The van der Waals surface area contributed by atoms with Gasteiger partial charge in [-0.1, -0.05) is 13.8 Å². The molecule has 0 amide bonds. The van der Waals surface area contributed by atoms with Crippen LogP contribution in [0.1, 0.15) is 44.7 Å². The lowest BCUT2D eigenvalue weighted by Gasteiger charge is -2.31. The van der Waals surface area contributed by atoms with Gasteiger partial charge in [0.15, 0.2) is 17.5 Å². The van der Waals surface area contributed by atoms with Crippen LogP contribution in [0.4, 0.5) is 13.2 Å². The maximum atomic E-state index is 13.4. The fraction of sp³-hybridized carbons (Fsp3) is 0.625. The molecular formula is C16H23F3N2. The molecular weight excluding hydrogens is 277 g/mol. The van der Waals surface area contributed by atoms with E-state index in [1.807, 2.05) is 0 Å². The molecule has 1 aliphatic heterocycles. The van der Waals surface area contributed by atoms with E-state index < -0.39 is 17.5 Å². The summed E-state index contributed by atoms with van der Waals surface area (Å²) in [7, 11) is 0. The lowest BCUT2D eigenvalue weighted by molar-refractivity contribution is 0.197. The third-order valence-corrected chi connectivity index (χ3v) is 5.02. The summed E-state index contributed by atoms with van der Waals surface area (Å²) in [5.41, 5.74) is 6.48. The Morgan fingerprint density at radius 3 is 2.19 bits per heavy atom. The summed E-state index contributed by atoms with van der Waals surface area (Å²) in [6.45, 7) is 6.31. The largest absolute Gasteiger partial charge is 0.329 e. The lowest BCUT2D eigenvalue weighted by atomic mass is 9.82. The topological polar surface area (TPSA) is 29.3 Å². The molecule has 0 bridgehead atoms. The third-order valence-electron chi connectivity index (χ3n) is 5.02. The van der Waals surface area contributed by atoms with E-state index in [1.54, 1.807) is 0 Å². The molecule has 21 heavy (non-hydrogen) atoms. The first-order chi connectivity index (χ1) is 9.96. The van der Waals surface area contributed by atoms with E-state index in [1.165, 1.54) is 0 Å². The Morgan fingerprint density at radius 2 is 1.76 bits per heavy atom. The minimum Gasteiger partial charge on any atom is -0.329 e. The molecule has 1 saturated heterocycles. The monoisotopic (exact) mass is 300 g/mol. The molecule has 0 aromatic heterocycles. The summed E-state index contributed by atoms with van der Waals surface area (Å²) in [4.78, 5) is 2.17. The molecule has 1 unspecified atom stereocenters. The van der Waals surface area contributed by atoms with Gasteiger partial charge in [0, 0.05) is 19.1 Å². The Labute approximate surface area is 124 Å². The van der Waals surface area contributed by atoms with Gasteiger partial charge in [0.25, 0.3) is 0 Å². The van der Waals surface area contributed by atoms with Gasteiger partial charge >= 0.3 is 0 Å². The number of benzene rings is 1. The zero-order chi connectivity index (χ0) is 15.6. The molecule has 1 fully saturated rings. The van der Waals surface area contributed by atoms with E-state index in [-0.39, 0.29) is 18.0 Å². The van der Waals surface area contributed by atoms with Gasteiger partial charge in [-0.2, -0.15) is 0 Å². The first-order valence-corrected chi connectivity index (χ1v) is 7.55. The van der Waals surface area contributed by atoms with Crippen LogP contribution in [-0.2, 0) is 0 Å². The van der Waals surface area contributed by atoms with Crippen molar-refractivity contribution in [3.63, 3.8) is 0 Å². The Hall–Kier alpha value is -1.07. The number of likely N-dealkylation sites (tertiary alicyclic amines) is 1. The molecule has 1 aromatic carbocycles. The molecule has 0 aliphatic carbocycles. The minimum atomic E-state index is -1.42. The van der Waals surface area contributed by atoms with E-state index in [9.17, 15) is 13.2 Å². The minimum absolute atomic E-state index is 0.255. The van der Waals surface area contributed by atoms with Gasteiger partial charge in [-0.3, -0.25) is 4.90 Å². The van der Waals surface area contributed by atoms with Gasteiger partial charge < -0.3 is 5.73 Å². The van der Waals surface area contributed by atoms with Gasteiger partial charge in [0.1, 0.15) is 0 Å². The molecule has 2 rings (SSSR count). The predicted octanol–water partition coefficient (Wildman–Crippen LogP) is 3.62. The van der Waals surface area contributed by atoms with Crippen molar-refractivity contribution in [3.05, 3.63) is 35.1 Å². The lowest BCUT2D eigenvalue weighted by Crippen LogP contribution is -2.34. The summed E-state index contributed by atoms with van der Waals surface area (Å²) in [5, 5.41) is 0. The van der Waals surface area contributed by atoms with Crippen molar-refractivity contribution in [3.8, 4) is 0 Å². The summed E-state index contributed by atoms with van der Waals surface area (Å²) in [5.74, 6) is -3.73. The van der Waals surface area contributed by atoms with Crippen LogP contribution in [0.15, 0.2) is 12.1 Å². The van der Waals surface area contributed by atoms with E-state index >= 15 is 0 Å². The molecule has 1 aromatic rings. The summed E-state index contributed by atoms with van der Waals surface area (Å²) < 4.78 is 40.0. The summed E-state index contributed by atoms with van der Waals surface area (Å²) in [6, 6.07) is 1.86. The molecule has 0 radical (unpaired) electrons. The summed E-state index contributed by atoms with van der Waals surface area (Å²) >= 11 is 0. The van der Waals surface area contributed by atoms with Gasteiger partial charge in [0.05, 0.1) is 0 Å². The van der Waals surface area contributed by atoms with Crippen molar-refractivity contribution in [2.75, 3.05) is 19.6 Å². The van der Waals surface area contributed by atoms with Gasteiger partial charge in [-0.05, 0) is 48.9 Å². The van der Waals surface area contributed by atoms with Crippen LogP contribution >= 0.6 is 0 Å². The van der Waals surface area contributed by atoms with Crippen molar-refractivity contribution >= 4 is 0 Å². The zero-order valence-corrected chi connectivity index (χ0v) is 12.6. The molecule has 1 aliphatic rings. The van der Waals surface area contributed by atoms with E-state index in [4.69, 9.17) is 5.73 Å². The van der Waals surface area contributed by atoms with Crippen LogP contribution in [0.2, 0.25) is 0 Å². The molecule has 2 nitrogen and oxygen atoms in total. The number of nitrogens with two attached hydrogens (primary N) is 1. The average Bonchev–Trinajstić information content (AvgIpc) is 2.90. The zero-order valence-electron chi connectivity index (χ0n) is 12.6. The standard InChI is InChI=1S/C16H23F3N2/c1-3-16(4-2)5-6-21(10-16)14(9-20)11-7-12(17)15(19)13(18)8-11/h7-8,14H,3-6,9-10,20H2,1-2H3. The Bertz CT molecular complexity index is 477. The highest BCUT2D eigenvalue weighted by atomic mass is 19.2. The predicted molar refractivity (Wildman–Crippen MR) is 77.3 cm³/mol. The quantitative estimate of drug-likeness (QED) is 0.842. The van der Waals surface area contributed by atoms with E-state index in [0.717, 1.165) is 44.5 Å². The van der Waals surface area contributed by atoms with Crippen molar-refractivity contribution in [2.24, 2.45) is 11.1 Å². The average molecular weight is 300 g/mol. The Kier molecular flexibility index (Phi) is 4.94. The number of rotatable bonds is 5. The second kappa shape index (κ2) is 6.36. The molecule has 0 saturated carbocycles. The number of halogens is 3. The van der Waals surface area contributed by atoms with Crippen molar-refractivity contribution < 1.29 is 13.2 Å². The maximum Gasteiger partial charge on any atom is 0.194 e. The van der Waals surface area contributed by atoms with Crippen LogP contribution in [-0.4, -0.2) is 24.5 Å². The second-order valence-electron chi connectivity index (χ2n) is 5.98. The first kappa shape index (κ1) is 16.3. The highest BCUT2D eigenvalue weighted by molar-refractivity contribution is 5.23. The van der Waals surface area contributed by atoms with Crippen LogP contribution in [0.25, 0.3) is 0 Å². The van der Waals surface area contributed by atoms with Crippen molar-refractivity contribution in [2.45, 2.75) is 39.2 Å². The molecule has 1 atom stereocenters. The van der Waals surface area contributed by atoms with E-state index in [0.29, 0.717) is 5.56 Å². The van der Waals surface area contributed by atoms with Gasteiger partial charge in [0.2, 0.25) is 0 Å². The van der Waals surface area contributed by atoms with Crippen LogP contribution in [0.3, 0.4) is 0 Å². The van der Waals surface area contributed by atoms with E-state index in [2.05, 4.69) is 18.7 Å². The third kappa shape index (κ3) is 3.09. The van der Waals surface area contributed by atoms with Gasteiger partial charge in [-0.15, -0.1) is 0 Å². The summed E-state index contributed by atoms with van der Waals surface area (Å²) in [6.07, 6.45) is 3.20. The SMILES string of the molecule is CCC1(CC)CCN(C(CN)c2cc(F)c(F)c(F)c2)C1. The number of nitrogens with zero attached hydrogens (tertiary/aromatic N) is 1. The Balaban J connectivity index is 2.25. The second-order valence-corrected chi connectivity index (χ2v) is 5.98. The number of hydrogen-bond acceptors (Lipinski definition) is 2. The molecule has 0 spiro atoms. The molecule has 5 heteroatoms. The molecule has 1 heterocycles. The fourth-order valence-corrected chi connectivity index (χ4v) is 3.33. The molecule has 2 N–H and O–H groups in total. The highest BCUT2D eigenvalue weighted by Crippen LogP contribution is 2.40. The van der Waals surface area contributed by atoms with Crippen LogP contribution in [0, 0.1) is 22.9 Å². The van der Waals surface area contributed by atoms with Crippen LogP contribution in [0.5, 0.6) is 0 Å². The smallest absolute Gasteiger partial charge is 0.194 e. The highest BCUT2D eigenvalue weighted by Gasteiger charge is 2.38. The normalized spacial score (nSPS) is 19.9. The molecule has 118 valence electrons. The van der Waals surface area contributed by atoms with Crippen LogP contribution < -0.4 is 5.73 Å². The first-order valence-electron chi connectivity index (χ1n) is 7.55. The fourth-order valence-electron chi connectivity index (χ4n) is 3.33. The Morgan fingerprint density at radius 1 is 1.19 bits per heavy atom. The number of hydrogen-bond donors (Lipinski definition) is 1. The van der Waals surface area contributed by atoms with Crippen molar-refractivity contribution in [1.82, 2.24) is 4.90 Å². The van der Waals surface area contributed by atoms with Crippen molar-refractivity contribution in [1.29, 1.82) is 0 Å². The van der Waals surface area contributed by atoms with Gasteiger partial charge in [-0.25, -0.2) is 13.2 Å². The maximum absolute atomic E-state index is 13.4.